The summed E-state index contributed by atoms with van der Waals surface area (Å²) in [5.41, 5.74) is 3.11. The zero-order valence-corrected chi connectivity index (χ0v) is 8.45. The first-order chi connectivity index (χ1) is 7.34. The Labute approximate surface area is 90.0 Å². The molecule has 0 atom stereocenters. The predicted octanol–water partition coefficient (Wildman–Crippen LogP) is 2.24. The number of benzene rings is 1. The van der Waals surface area contributed by atoms with E-state index in [4.69, 9.17) is 12.2 Å². The summed E-state index contributed by atoms with van der Waals surface area (Å²) in [7, 11) is 0. The Hall–Kier alpha value is -1.88. The quantitative estimate of drug-likeness (QED) is 0.460. The molecular formula is C10H6N4S. The molecule has 0 fully saturated rings. The van der Waals surface area contributed by atoms with Crippen LogP contribution in [0.4, 0.5) is 0 Å². The van der Waals surface area contributed by atoms with Crippen LogP contribution in [-0.4, -0.2) is 20.2 Å². The average Bonchev–Trinajstić information content (AvgIpc) is 2.27. The van der Waals surface area contributed by atoms with Gasteiger partial charge in [0.15, 0.2) is 0 Å². The van der Waals surface area contributed by atoms with Crippen molar-refractivity contribution in [3.05, 3.63) is 35.1 Å². The summed E-state index contributed by atoms with van der Waals surface area (Å²) in [6.07, 6.45) is 1.63. The molecule has 3 rings (SSSR count). The van der Waals surface area contributed by atoms with Gasteiger partial charge in [-0.3, -0.25) is 5.10 Å². The first-order valence-corrected chi connectivity index (χ1v) is 4.85. The van der Waals surface area contributed by atoms with Crippen molar-refractivity contribution in [2.75, 3.05) is 0 Å². The molecule has 0 saturated heterocycles. The van der Waals surface area contributed by atoms with Crippen molar-refractivity contribution in [1.82, 2.24) is 20.2 Å². The summed E-state index contributed by atoms with van der Waals surface area (Å²) in [6.45, 7) is 0. The number of hydrogen-bond donors (Lipinski definition) is 1. The average molecular weight is 214 g/mol. The molecule has 1 N–H and O–H groups in total. The van der Waals surface area contributed by atoms with Crippen LogP contribution in [0.5, 0.6) is 0 Å². The number of rotatable bonds is 0. The van der Waals surface area contributed by atoms with Crippen molar-refractivity contribution in [3.8, 4) is 0 Å². The highest BCUT2D eigenvalue weighted by Gasteiger charge is 2.01. The predicted molar refractivity (Wildman–Crippen MR) is 60.0 cm³/mol. The van der Waals surface area contributed by atoms with Gasteiger partial charge in [0, 0.05) is 0 Å². The molecule has 15 heavy (non-hydrogen) atoms. The number of nitrogens with one attached hydrogen (secondary N) is 1. The molecule has 3 aromatic rings. The van der Waals surface area contributed by atoms with E-state index in [0.29, 0.717) is 10.2 Å². The fourth-order valence-corrected chi connectivity index (χ4v) is 1.68. The number of aromatic amines is 1. The first-order valence-electron chi connectivity index (χ1n) is 4.45. The molecule has 0 unspecified atom stereocenters. The van der Waals surface area contributed by atoms with Crippen molar-refractivity contribution >= 4 is 34.3 Å². The van der Waals surface area contributed by atoms with Crippen LogP contribution in [0.25, 0.3) is 22.1 Å². The van der Waals surface area contributed by atoms with Gasteiger partial charge < -0.3 is 0 Å². The first kappa shape index (κ1) is 8.43. The van der Waals surface area contributed by atoms with E-state index in [2.05, 4.69) is 20.2 Å². The molecular weight excluding hydrogens is 208 g/mol. The normalized spacial score (nSPS) is 10.9. The van der Waals surface area contributed by atoms with E-state index in [0.717, 1.165) is 16.6 Å². The minimum Gasteiger partial charge on any atom is -0.266 e. The summed E-state index contributed by atoms with van der Waals surface area (Å²) in [5, 5.41) is 6.59. The lowest BCUT2D eigenvalue weighted by Gasteiger charge is -1.99. The molecule has 2 aromatic heterocycles. The van der Waals surface area contributed by atoms with E-state index in [9.17, 15) is 0 Å². The molecule has 0 aliphatic rings. The smallest absolute Gasteiger partial charge is 0.147 e. The molecule has 0 radical (unpaired) electrons. The third-order valence-electron chi connectivity index (χ3n) is 2.17. The van der Waals surface area contributed by atoms with Crippen molar-refractivity contribution < 1.29 is 0 Å². The topological polar surface area (TPSA) is 54.5 Å². The maximum atomic E-state index is 5.10. The third kappa shape index (κ3) is 1.28. The number of para-hydroxylation sites is 2. The van der Waals surface area contributed by atoms with Crippen LogP contribution >= 0.6 is 12.2 Å². The SMILES string of the molecule is S=c1[nH]ncc2nc3ccccc3nc12. The van der Waals surface area contributed by atoms with Crippen LogP contribution in [0.3, 0.4) is 0 Å². The number of nitrogens with zero attached hydrogens (tertiary/aromatic N) is 3. The summed E-state index contributed by atoms with van der Waals surface area (Å²) >= 11 is 5.10. The molecule has 72 valence electrons. The summed E-state index contributed by atoms with van der Waals surface area (Å²) in [5.74, 6) is 0. The molecule has 0 spiro atoms. The second kappa shape index (κ2) is 3.06. The molecule has 0 bridgehead atoms. The number of fused-ring (bicyclic) bond motifs is 2. The minimum absolute atomic E-state index is 0.519. The highest BCUT2D eigenvalue weighted by molar-refractivity contribution is 7.71. The minimum atomic E-state index is 0.519. The second-order valence-corrected chi connectivity index (χ2v) is 3.55. The van der Waals surface area contributed by atoms with Gasteiger partial charge in [-0.05, 0) is 12.1 Å². The van der Waals surface area contributed by atoms with Gasteiger partial charge in [0.05, 0.1) is 17.2 Å². The molecule has 0 saturated carbocycles. The van der Waals surface area contributed by atoms with Gasteiger partial charge in [-0.15, -0.1) is 0 Å². The largest absolute Gasteiger partial charge is 0.266 e. The second-order valence-electron chi connectivity index (χ2n) is 3.15. The number of hydrogen-bond acceptors (Lipinski definition) is 4. The lowest BCUT2D eigenvalue weighted by Crippen LogP contribution is -1.91. The van der Waals surface area contributed by atoms with Gasteiger partial charge in [0.1, 0.15) is 15.7 Å². The molecule has 5 heteroatoms. The van der Waals surface area contributed by atoms with Crippen LogP contribution in [0.2, 0.25) is 0 Å². The van der Waals surface area contributed by atoms with E-state index >= 15 is 0 Å². The zero-order chi connectivity index (χ0) is 10.3. The van der Waals surface area contributed by atoms with Crippen molar-refractivity contribution in [2.45, 2.75) is 0 Å². The fourth-order valence-electron chi connectivity index (χ4n) is 1.48. The van der Waals surface area contributed by atoms with Crippen LogP contribution in [-0.2, 0) is 0 Å². The monoisotopic (exact) mass is 214 g/mol. The third-order valence-corrected chi connectivity index (χ3v) is 2.45. The number of H-pyrrole nitrogens is 1. The van der Waals surface area contributed by atoms with E-state index in [1.807, 2.05) is 24.3 Å². The van der Waals surface area contributed by atoms with E-state index in [1.165, 1.54) is 0 Å². The lowest BCUT2D eigenvalue weighted by molar-refractivity contribution is 1.03. The van der Waals surface area contributed by atoms with Crippen molar-refractivity contribution in [3.63, 3.8) is 0 Å². The Morgan fingerprint density at radius 3 is 2.53 bits per heavy atom. The Bertz CT molecular complexity index is 704. The maximum Gasteiger partial charge on any atom is 0.147 e. The van der Waals surface area contributed by atoms with Gasteiger partial charge in [-0.1, -0.05) is 24.4 Å². The van der Waals surface area contributed by atoms with Gasteiger partial charge in [0.25, 0.3) is 0 Å². The van der Waals surface area contributed by atoms with Crippen LogP contribution in [0, 0.1) is 4.64 Å². The number of aromatic nitrogens is 4. The van der Waals surface area contributed by atoms with Gasteiger partial charge in [-0.2, -0.15) is 5.10 Å². The molecule has 4 nitrogen and oxygen atoms in total. The van der Waals surface area contributed by atoms with E-state index in [-0.39, 0.29) is 0 Å². The van der Waals surface area contributed by atoms with E-state index < -0.39 is 0 Å². The Morgan fingerprint density at radius 1 is 1.00 bits per heavy atom. The standard InChI is InChI=1S/C10H6N4S/c15-10-9-8(5-11-14-10)12-6-3-1-2-4-7(6)13-9/h1-5H,(H,14,15). The summed E-state index contributed by atoms with van der Waals surface area (Å²) in [4.78, 5) is 8.87. The van der Waals surface area contributed by atoms with Crippen LogP contribution < -0.4 is 0 Å². The van der Waals surface area contributed by atoms with Gasteiger partial charge in [-0.25, -0.2) is 9.97 Å². The van der Waals surface area contributed by atoms with Gasteiger partial charge in [0.2, 0.25) is 0 Å². The Morgan fingerprint density at radius 2 is 1.73 bits per heavy atom. The lowest BCUT2D eigenvalue weighted by atomic mass is 10.3. The van der Waals surface area contributed by atoms with Crippen LogP contribution in [0.1, 0.15) is 0 Å². The summed E-state index contributed by atoms with van der Waals surface area (Å²) < 4.78 is 0.519. The van der Waals surface area contributed by atoms with E-state index in [1.54, 1.807) is 6.20 Å². The maximum absolute atomic E-state index is 5.10. The van der Waals surface area contributed by atoms with Crippen molar-refractivity contribution in [1.29, 1.82) is 0 Å². The molecule has 1 aromatic carbocycles. The highest BCUT2D eigenvalue weighted by Crippen LogP contribution is 2.14. The molecule has 0 aliphatic carbocycles. The summed E-state index contributed by atoms with van der Waals surface area (Å²) in [6, 6.07) is 7.69. The Balaban J connectivity index is 2.59. The molecule has 0 amide bonds. The van der Waals surface area contributed by atoms with Crippen LogP contribution in [0.15, 0.2) is 30.5 Å². The zero-order valence-electron chi connectivity index (χ0n) is 7.64. The van der Waals surface area contributed by atoms with Crippen molar-refractivity contribution in [2.24, 2.45) is 0 Å². The molecule has 2 heterocycles. The van der Waals surface area contributed by atoms with Gasteiger partial charge >= 0.3 is 0 Å². The fraction of sp³-hybridized carbons (Fsp3) is 0. The Kier molecular flexibility index (Phi) is 1.72. The highest BCUT2D eigenvalue weighted by atomic mass is 32.1. The molecule has 0 aliphatic heterocycles.